The Bertz CT molecular complexity index is 718. The Morgan fingerprint density at radius 1 is 1.43 bits per heavy atom. The van der Waals surface area contributed by atoms with E-state index in [1.54, 1.807) is 17.8 Å². The number of carbonyl (C=O) groups is 2. The van der Waals surface area contributed by atoms with E-state index in [4.69, 9.17) is 5.11 Å². The van der Waals surface area contributed by atoms with Gasteiger partial charge in [0, 0.05) is 18.9 Å². The maximum atomic E-state index is 11.9. The highest BCUT2D eigenvalue weighted by Crippen LogP contribution is 2.23. The third-order valence-corrected chi connectivity index (χ3v) is 3.33. The van der Waals surface area contributed by atoms with E-state index < -0.39 is 11.4 Å². The maximum absolute atomic E-state index is 11.9. The van der Waals surface area contributed by atoms with Crippen molar-refractivity contribution in [3.8, 4) is 0 Å². The molecule has 2 heterocycles. The van der Waals surface area contributed by atoms with Gasteiger partial charge in [-0.3, -0.25) is 14.3 Å². The minimum absolute atomic E-state index is 0.105. The summed E-state index contributed by atoms with van der Waals surface area (Å²) in [5, 5.41) is 16.8. The van der Waals surface area contributed by atoms with Crippen molar-refractivity contribution in [3.05, 3.63) is 18.0 Å². The van der Waals surface area contributed by atoms with Gasteiger partial charge >= 0.3 is 5.97 Å². The molecule has 2 aromatic rings. The van der Waals surface area contributed by atoms with Crippen molar-refractivity contribution in [1.29, 1.82) is 0 Å². The number of pyridine rings is 1. The molecule has 0 unspecified atom stereocenters. The van der Waals surface area contributed by atoms with Crippen molar-refractivity contribution in [2.45, 2.75) is 27.2 Å². The molecule has 2 rings (SSSR count). The SMILES string of the molecule is Cc1nn(C)c2ncc(NC(=O)CC(C)(C)C(=O)O)cc12. The third kappa shape index (κ3) is 3.01. The van der Waals surface area contributed by atoms with Gasteiger partial charge in [0.15, 0.2) is 5.65 Å². The molecule has 0 fully saturated rings. The van der Waals surface area contributed by atoms with Crippen LogP contribution in [0.1, 0.15) is 26.0 Å². The second-order valence-electron chi connectivity index (χ2n) is 5.72. The number of rotatable bonds is 4. The zero-order chi connectivity index (χ0) is 15.8. The largest absolute Gasteiger partial charge is 0.481 e. The van der Waals surface area contributed by atoms with Crippen LogP contribution in [0.4, 0.5) is 5.69 Å². The average Bonchev–Trinajstić information content (AvgIpc) is 2.63. The molecule has 21 heavy (non-hydrogen) atoms. The van der Waals surface area contributed by atoms with E-state index in [1.165, 1.54) is 20.0 Å². The predicted molar refractivity (Wildman–Crippen MR) is 77.9 cm³/mol. The summed E-state index contributed by atoms with van der Waals surface area (Å²) < 4.78 is 1.67. The average molecular weight is 290 g/mol. The zero-order valence-corrected chi connectivity index (χ0v) is 12.5. The summed E-state index contributed by atoms with van der Waals surface area (Å²) >= 11 is 0. The van der Waals surface area contributed by atoms with E-state index in [-0.39, 0.29) is 12.3 Å². The number of aliphatic carboxylic acids is 1. The van der Waals surface area contributed by atoms with E-state index in [2.05, 4.69) is 15.4 Å². The van der Waals surface area contributed by atoms with Crippen LogP contribution >= 0.6 is 0 Å². The molecule has 112 valence electrons. The standard InChI is InChI=1S/C14H18N4O3/c1-8-10-5-9(7-15-12(10)18(4)17-8)16-11(19)6-14(2,3)13(20)21/h5,7H,6H2,1-4H3,(H,16,19)(H,20,21). The van der Waals surface area contributed by atoms with Gasteiger partial charge in [-0.2, -0.15) is 5.10 Å². The molecule has 2 aromatic heterocycles. The quantitative estimate of drug-likeness (QED) is 0.893. The molecule has 7 heteroatoms. The zero-order valence-electron chi connectivity index (χ0n) is 12.5. The number of carbonyl (C=O) groups excluding carboxylic acids is 1. The van der Waals surface area contributed by atoms with Gasteiger partial charge in [0.05, 0.1) is 23.0 Å². The van der Waals surface area contributed by atoms with E-state index >= 15 is 0 Å². The highest BCUT2D eigenvalue weighted by Gasteiger charge is 2.30. The number of hydrogen-bond acceptors (Lipinski definition) is 4. The Morgan fingerprint density at radius 2 is 2.10 bits per heavy atom. The summed E-state index contributed by atoms with van der Waals surface area (Å²) in [6.45, 7) is 4.90. The number of carboxylic acids is 1. The number of fused-ring (bicyclic) bond motifs is 1. The Labute approximate surface area is 122 Å². The van der Waals surface area contributed by atoms with Crippen LogP contribution in [0.2, 0.25) is 0 Å². The Hall–Kier alpha value is -2.44. The molecule has 0 saturated heterocycles. The first-order chi connectivity index (χ1) is 9.70. The Balaban J connectivity index is 2.18. The lowest BCUT2D eigenvalue weighted by atomic mass is 9.89. The third-order valence-electron chi connectivity index (χ3n) is 3.33. The van der Waals surface area contributed by atoms with Crippen molar-refractivity contribution in [2.75, 3.05) is 5.32 Å². The predicted octanol–water partition coefficient (Wildman–Crippen LogP) is 1.72. The first-order valence-electron chi connectivity index (χ1n) is 6.53. The fourth-order valence-corrected chi connectivity index (χ4v) is 2.06. The highest BCUT2D eigenvalue weighted by molar-refractivity contribution is 5.95. The van der Waals surface area contributed by atoms with Crippen LogP contribution in [-0.4, -0.2) is 31.7 Å². The van der Waals surface area contributed by atoms with Crippen LogP contribution in [0.3, 0.4) is 0 Å². The van der Waals surface area contributed by atoms with E-state index in [0.29, 0.717) is 5.69 Å². The van der Waals surface area contributed by atoms with Gasteiger partial charge in [0.25, 0.3) is 0 Å². The van der Waals surface area contributed by atoms with Crippen LogP contribution in [0.15, 0.2) is 12.3 Å². The van der Waals surface area contributed by atoms with Gasteiger partial charge in [-0.1, -0.05) is 0 Å². The lowest BCUT2D eigenvalue weighted by Gasteiger charge is -2.18. The van der Waals surface area contributed by atoms with Crippen molar-refractivity contribution in [1.82, 2.24) is 14.8 Å². The summed E-state index contributed by atoms with van der Waals surface area (Å²) in [5.74, 6) is -1.36. The number of anilines is 1. The van der Waals surface area contributed by atoms with Gasteiger partial charge in [-0.05, 0) is 26.8 Å². The summed E-state index contributed by atoms with van der Waals surface area (Å²) in [5.41, 5.74) is 0.981. The van der Waals surface area contributed by atoms with Gasteiger partial charge < -0.3 is 10.4 Å². The Morgan fingerprint density at radius 3 is 2.71 bits per heavy atom. The second kappa shape index (κ2) is 5.16. The molecule has 0 atom stereocenters. The lowest BCUT2D eigenvalue weighted by Crippen LogP contribution is -2.29. The van der Waals surface area contributed by atoms with E-state index in [9.17, 15) is 9.59 Å². The molecule has 1 amide bonds. The number of aryl methyl sites for hydroxylation is 2. The molecular weight excluding hydrogens is 272 g/mol. The second-order valence-corrected chi connectivity index (χ2v) is 5.72. The minimum Gasteiger partial charge on any atom is -0.481 e. The molecule has 0 radical (unpaired) electrons. The molecule has 0 bridgehead atoms. The van der Waals surface area contributed by atoms with Gasteiger partial charge in [0.1, 0.15) is 0 Å². The number of carboxylic acid groups (broad SMARTS) is 1. The molecule has 7 nitrogen and oxygen atoms in total. The van der Waals surface area contributed by atoms with Crippen molar-refractivity contribution >= 4 is 28.6 Å². The molecular formula is C14H18N4O3. The number of aromatic nitrogens is 3. The molecule has 0 aliphatic heterocycles. The van der Waals surface area contributed by atoms with Crippen LogP contribution in [-0.2, 0) is 16.6 Å². The van der Waals surface area contributed by atoms with Crippen LogP contribution in [0, 0.1) is 12.3 Å². The monoisotopic (exact) mass is 290 g/mol. The van der Waals surface area contributed by atoms with Gasteiger partial charge in [-0.15, -0.1) is 0 Å². The fourth-order valence-electron chi connectivity index (χ4n) is 2.06. The summed E-state index contributed by atoms with van der Waals surface area (Å²) in [4.78, 5) is 27.2. The van der Waals surface area contributed by atoms with Crippen molar-refractivity contribution in [2.24, 2.45) is 12.5 Å². The van der Waals surface area contributed by atoms with Crippen LogP contribution < -0.4 is 5.32 Å². The van der Waals surface area contributed by atoms with Gasteiger partial charge in [0.2, 0.25) is 5.91 Å². The normalized spacial score (nSPS) is 11.6. The molecule has 0 spiro atoms. The lowest BCUT2D eigenvalue weighted by molar-refractivity contribution is -0.148. The minimum atomic E-state index is -1.11. The number of hydrogen-bond donors (Lipinski definition) is 2. The van der Waals surface area contributed by atoms with Gasteiger partial charge in [-0.25, -0.2) is 4.98 Å². The molecule has 0 aromatic carbocycles. The van der Waals surface area contributed by atoms with E-state index in [0.717, 1.165) is 16.7 Å². The number of amides is 1. The summed E-state index contributed by atoms with van der Waals surface area (Å²) in [6.07, 6.45) is 1.43. The first kappa shape index (κ1) is 15.0. The highest BCUT2D eigenvalue weighted by atomic mass is 16.4. The van der Waals surface area contributed by atoms with Crippen molar-refractivity contribution in [3.63, 3.8) is 0 Å². The number of nitrogens with zero attached hydrogens (tertiary/aromatic N) is 3. The van der Waals surface area contributed by atoms with Crippen molar-refractivity contribution < 1.29 is 14.7 Å². The molecule has 0 aliphatic carbocycles. The fraction of sp³-hybridized carbons (Fsp3) is 0.429. The topological polar surface area (TPSA) is 97.1 Å². The smallest absolute Gasteiger partial charge is 0.309 e. The summed E-state index contributed by atoms with van der Waals surface area (Å²) in [7, 11) is 1.80. The first-order valence-corrected chi connectivity index (χ1v) is 6.53. The maximum Gasteiger partial charge on any atom is 0.309 e. The molecule has 0 aliphatic rings. The Kier molecular flexibility index (Phi) is 3.67. The van der Waals surface area contributed by atoms with Crippen LogP contribution in [0.25, 0.3) is 11.0 Å². The molecule has 2 N–H and O–H groups in total. The van der Waals surface area contributed by atoms with Crippen LogP contribution in [0.5, 0.6) is 0 Å². The van der Waals surface area contributed by atoms with E-state index in [1.807, 2.05) is 6.92 Å². The molecule has 0 saturated carbocycles. The number of nitrogens with one attached hydrogen (secondary N) is 1. The summed E-state index contributed by atoms with van der Waals surface area (Å²) in [6, 6.07) is 1.79.